The van der Waals surface area contributed by atoms with Gasteiger partial charge in [-0.3, -0.25) is 4.79 Å². The van der Waals surface area contributed by atoms with Crippen LogP contribution in [0.4, 0.5) is 5.69 Å². The maximum absolute atomic E-state index is 12.3. The summed E-state index contributed by atoms with van der Waals surface area (Å²) in [6.07, 6.45) is 0. The second-order valence-electron chi connectivity index (χ2n) is 5.18. The monoisotopic (exact) mass is 264 g/mol. The van der Waals surface area contributed by atoms with Crippen molar-refractivity contribution in [3.05, 3.63) is 23.8 Å². The van der Waals surface area contributed by atoms with Crippen molar-refractivity contribution in [2.75, 3.05) is 25.6 Å². The fourth-order valence-corrected chi connectivity index (χ4v) is 2.15. The number of aryl methyl sites for hydroxylation is 1. The largest absolute Gasteiger partial charge is 0.496 e. The third kappa shape index (κ3) is 2.57. The van der Waals surface area contributed by atoms with Crippen molar-refractivity contribution < 1.29 is 14.3 Å². The van der Waals surface area contributed by atoms with E-state index in [4.69, 9.17) is 15.2 Å². The Morgan fingerprint density at radius 2 is 2.32 bits per heavy atom. The van der Waals surface area contributed by atoms with E-state index >= 15 is 0 Å². The van der Waals surface area contributed by atoms with Crippen LogP contribution in [-0.2, 0) is 9.53 Å². The van der Waals surface area contributed by atoms with Crippen LogP contribution in [0.25, 0.3) is 0 Å². The van der Waals surface area contributed by atoms with Crippen LogP contribution in [0.1, 0.15) is 12.5 Å². The number of rotatable bonds is 3. The van der Waals surface area contributed by atoms with Gasteiger partial charge in [0.25, 0.3) is 0 Å². The number of methoxy groups -OCH3 is 1. The Kier molecular flexibility index (Phi) is 3.78. The number of carbonyl (C=O) groups excluding carboxylic acids is 1. The third-order valence-corrected chi connectivity index (χ3v) is 3.69. The lowest BCUT2D eigenvalue weighted by atomic mass is 9.85. The van der Waals surface area contributed by atoms with Gasteiger partial charge in [0.15, 0.2) is 0 Å². The molecule has 3 N–H and O–H groups in total. The zero-order valence-corrected chi connectivity index (χ0v) is 11.5. The van der Waals surface area contributed by atoms with E-state index in [0.717, 1.165) is 17.0 Å². The van der Waals surface area contributed by atoms with Crippen molar-refractivity contribution in [3.8, 4) is 5.75 Å². The average Bonchev–Trinajstić information content (AvgIpc) is 2.71. The number of hydrogen-bond acceptors (Lipinski definition) is 4. The molecule has 0 bridgehead atoms. The van der Waals surface area contributed by atoms with Crippen molar-refractivity contribution in [2.45, 2.75) is 19.9 Å². The van der Waals surface area contributed by atoms with E-state index in [0.29, 0.717) is 13.2 Å². The molecule has 0 radical (unpaired) electrons. The predicted octanol–water partition coefficient (Wildman–Crippen LogP) is 1.31. The highest BCUT2D eigenvalue weighted by Crippen LogP contribution is 2.29. The van der Waals surface area contributed by atoms with Gasteiger partial charge < -0.3 is 20.5 Å². The van der Waals surface area contributed by atoms with Crippen LogP contribution in [0, 0.1) is 12.3 Å². The molecule has 1 aromatic carbocycles. The molecular formula is C14H20N2O3. The zero-order chi connectivity index (χ0) is 14.0. The fourth-order valence-electron chi connectivity index (χ4n) is 2.15. The van der Waals surface area contributed by atoms with Crippen LogP contribution >= 0.6 is 0 Å². The standard InChI is InChI=1S/C14H20N2O3/c1-9-6-10(4-5-11(9)18-3)16-13(17)14(2)8-19-7-12(14)15/h4-6,12H,7-8,15H2,1-3H3,(H,16,17). The van der Waals surface area contributed by atoms with Gasteiger partial charge in [0.05, 0.1) is 25.7 Å². The van der Waals surface area contributed by atoms with Crippen LogP contribution in [0.15, 0.2) is 18.2 Å². The van der Waals surface area contributed by atoms with Gasteiger partial charge in [-0.15, -0.1) is 0 Å². The van der Waals surface area contributed by atoms with Crippen LogP contribution < -0.4 is 15.8 Å². The SMILES string of the molecule is COc1ccc(NC(=O)C2(C)COCC2N)cc1C. The van der Waals surface area contributed by atoms with Crippen molar-refractivity contribution in [1.82, 2.24) is 0 Å². The van der Waals surface area contributed by atoms with E-state index in [2.05, 4.69) is 5.32 Å². The lowest BCUT2D eigenvalue weighted by Crippen LogP contribution is -2.47. The van der Waals surface area contributed by atoms with Crippen molar-refractivity contribution in [3.63, 3.8) is 0 Å². The first-order valence-corrected chi connectivity index (χ1v) is 6.27. The summed E-state index contributed by atoms with van der Waals surface area (Å²) in [6.45, 7) is 4.54. The van der Waals surface area contributed by atoms with E-state index in [-0.39, 0.29) is 11.9 Å². The molecule has 1 aliphatic rings. The maximum Gasteiger partial charge on any atom is 0.234 e. The van der Waals surface area contributed by atoms with E-state index < -0.39 is 5.41 Å². The molecular weight excluding hydrogens is 244 g/mol. The molecule has 5 heteroatoms. The summed E-state index contributed by atoms with van der Waals surface area (Å²) in [7, 11) is 1.62. The van der Waals surface area contributed by atoms with Crippen LogP contribution in [-0.4, -0.2) is 32.3 Å². The van der Waals surface area contributed by atoms with Gasteiger partial charge in [-0.05, 0) is 37.6 Å². The highest BCUT2D eigenvalue weighted by Gasteiger charge is 2.44. The highest BCUT2D eigenvalue weighted by molar-refractivity contribution is 5.96. The minimum Gasteiger partial charge on any atom is -0.496 e. The number of carbonyl (C=O) groups is 1. The Morgan fingerprint density at radius 1 is 1.58 bits per heavy atom. The minimum absolute atomic E-state index is 0.109. The van der Waals surface area contributed by atoms with E-state index in [1.165, 1.54) is 0 Å². The number of hydrogen-bond donors (Lipinski definition) is 2. The van der Waals surface area contributed by atoms with Crippen molar-refractivity contribution >= 4 is 11.6 Å². The topological polar surface area (TPSA) is 73.6 Å². The first-order chi connectivity index (χ1) is 8.97. The highest BCUT2D eigenvalue weighted by atomic mass is 16.5. The predicted molar refractivity (Wildman–Crippen MR) is 73.3 cm³/mol. The third-order valence-electron chi connectivity index (χ3n) is 3.69. The van der Waals surface area contributed by atoms with Crippen molar-refractivity contribution in [2.24, 2.45) is 11.1 Å². The molecule has 104 valence electrons. The summed E-state index contributed by atoms with van der Waals surface area (Å²) < 4.78 is 10.5. The summed E-state index contributed by atoms with van der Waals surface area (Å²) in [6, 6.07) is 5.25. The van der Waals surface area contributed by atoms with Gasteiger partial charge in [0.1, 0.15) is 5.75 Å². The first kappa shape index (κ1) is 13.8. The van der Waals surface area contributed by atoms with Gasteiger partial charge in [-0.2, -0.15) is 0 Å². The summed E-state index contributed by atoms with van der Waals surface area (Å²) in [5.41, 5.74) is 6.97. The lowest BCUT2D eigenvalue weighted by Gasteiger charge is -2.25. The van der Waals surface area contributed by atoms with Gasteiger partial charge in [0, 0.05) is 11.7 Å². The number of ether oxygens (including phenoxy) is 2. The quantitative estimate of drug-likeness (QED) is 0.863. The summed E-state index contributed by atoms with van der Waals surface area (Å²) >= 11 is 0. The Balaban J connectivity index is 2.13. The molecule has 0 aliphatic carbocycles. The molecule has 1 heterocycles. The Hall–Kier alpha value is -1.59. The Labute approximate surface area is 113 Å². The summed E-state index contributed by atoms with van der Waals surface area (Å²) in [5.74, 6) is 0.687. The van der Waals surface area contributed by atoms with Crippen LogP contribution in [0.3, 0.4) is 0 Å². The molecule has 0 saturated carbocycles. The smallest absolute Gasteiger partial charge is 0.234 e. The number of nitrogens with one attached hydrogen (secondary N) is 1. The molecule has 5 nitrogen and oxygen atoms in total. The molecule has 0 spiro atoms. The summed E-state index contributed by atoms with van der Waals surface area (Å²) in [4.78, 5) is 12.3. The zero-order valence-electron chi connectivity index (χ0n) is 11.5. The second kappa shape index (κ2) is 5.19. The molecule has 1 fully saturated rings. The second-order valence-corrected chi connectivity index (χ2v) is 5.18. The fraction of sp³-hybridized carbons (Fsp3) is 0.500. The molecule has 1 aliphatic heterocycles. The Morgan fingerprint density at radius 3 is 2.84 bits per heavy atom. The molecule has 1 saturated heterocycles. The average molecular weight is 264 g/mol. The molecule has 1 amide bonds. The molecule has 2 atom stereocenters. The normalized spacial score (nSPS) is 26.2. The summed E-state index contributed by atoms with van der Waals surface area (Å²) in [5, 5.41) is 2.89. The lowest BCUT2D eigenvalue weighted by molar-refractivity contribution is -0.125. The van der Waals surface area contributed by atoms with E-state index in [9.17, 15) is 4.79 Å². The number of nitrogens with two attached hydrogens (primary N) is 1. The van der Waals surface area contributed by atoms with Gasteiger partial charge in [-0.1, -0.05) is 0 Å². The molecule has 19 heavy (non-hydrogen) atoms. The number of amides is 1. The molecule has 2 rings (SSSR count). The molecule has 0 aromatic heterocycles. The van der Waals surface area contributed by atoms with Gasteiger partial charge >= 0.3 is 0 Å². The number of benzene rings is 1. The van der Waals surface area contributed by atoms with E-state index in [1.54, 1.807) is 7.11 Å². The Bertz CT molecular complexity index is 490. The van der Waals surface area contributed by atoms with Gasteiger partial charge in [-0.25, -0.2) is 0 Å². The van der Waals surface area contributed by atoms with Crippen molar-refractivity contribution in [1.29, 1.82) is 0 Å². The van der Waals surface area contributed by atoms with Gasteiger partial charge in [0.2, 0.25) is 5.91 Å². The van der Waals surface area contributed by atoms with Crippen LogP contribution in [0.2, 0.25) is 0 Å². The molecule has 2 unspecified atom stereocenters. The van der Waals surface area contributed by atoms with Crippen LogP contribution in [0.5, 0.6) is 5.75 Å². The van der Waals surface area contributed by atoms with E-state index in [1.807, 2.05) is 32.0 Å². The first-order valence-electron chi connectivity index (χ1n) is 6.27. The molecule has 1 aromatic rings. The maximum atomic E-state index is 12.3. The minimum atomic E-state index is -0.673. The number of anilines is 1.